The molecular formula is C15H28O. The summed E-state index contributed by atoms with van der Waals surface area (Å²) in [4.78, 5) is 0. The molecule has 2 saturated carbocycles. The van der Waals surface area contributed by atoms with Crippen LogP contribution >= 0.6 is 0 Å². The fraction of sp³-hybridized carbons (Fsp3) is 1.00. The van der Waals surface area contributed by atoms with Gasteiger partial charge in [0.05, 0.1) is 6.10 Å². The molecule has 2 aliphatic rings. The molecule has 3 atom stereocenters. The van der Waals surface area contributed by atoms with E-state index in [1.807, 2.05) is 0 Å². The Morgan fingerprint density at radius 1 is 1.06 bits per heavy atom. The minimum absolute atomic E-state index is 0.00954. The van der Waals surface area contributed by atoms with Crippen LogP contribution in [-0.4, -0.2) is 11.2 Å². The van der Waals surface area contributed by atoms with Crippen LogP contribution in [0.1, 0.15) is 65.2 Å². The molecule has 1 N–H and O–H groups in total. The molecule has 0 aromatic carbocycles. The van der Waals surface area contributed by atoms with Crippen molar-refractivity contribution in [1.29, 1.82) is 0 Å². The van der Waals surface area contributed by atoms with E-state index < -0.39 is 0 Å². The summed E-state index contributed by atoms with van der Waals surface area (Å²) in [6.45, 7) is 4.64. The monoisotopic (exact) mass is 224 g/mol. The summed E-state index contributed by atoms with van der Waals surface area (Å²) < 4.78 is 0. The second-order valence-corrected chi connectivity index (χ2v) is 6.25. The molecule has 0 heterocycles. The third kappa shape index (κ3) is 2.61. The van der Waals surface area contributed by atoms with Crippen molar-refractivity contribution in [3.05, 3.63) is 0 Å². The Bertz CT molecular complexity index is 205. The fourth-order valence-corrected chi connectivity index (χ4v) is 3.97. The largest absolute Gasteiger partial charge is 0.393 e. The lowest BCUT2D eigenvalue weighted by molar-refractivity contribution is 0.0142. The quantitative estimate of drug-likeness (QED) is 0.768. The van der Waals surface area contributed by atoms with Gasteiger partial charge < -0.3 is 5.11 Å². The van der Waals surface area contributed by atoms with E-state index >= 15 is 0 Å². The Balaban J connectivity index is 1.83. The van der Waals surface area contributed by atoms with Crippen molar-refractivity contribution in [3.63, 3.8) is 0 Å². The third-order valence-electron chi connectivity index (χ3n) is 5.32. The van der Waals surface area contributed by atoms with Gasteiger partial charge >= 0.3 is 0 Å². The van der Waals surface area contributed by atoms with E-state index in [0.717, 1.165) is 11.8 Å². The molecule has 16 heavy (non-hydrogen) atoms. The molecular weight excluding hydrogens is 196 g/mol. The molecule has 0 amide bonds. The van der Waals surface area contributed by atoms with Crippen molar-refractivity contribution in [1.82, 2.24) is 0 Å². The zero-order valence-corrected chi connectivity index (χ0v) is 11.0. The summed E-state index contributed by atoms with van der Waals surface area (Å²) in [7, 11) is 0. The first-order valence-corrected chi connectivity index (χ1v) is 7.40. The Hall–Kier alpha value is -0.0400. The Labute approximate surface area is 101 Å². The second kappa shape index (κ2) is 5.53. The summed E-state index contributed by atoms with van der Waals surface area (Å²) in [5.41, 5.74) is 0. The van der Waals surface area contributed by atoms with Gasteiger partial charge in [-0.3, -0.25) is 0 Å². The second-order valence-electron chi connectivity index (χ2n) is 6.25. The number of rotatable bonds is 3. The van der Waals surface area contributed by atoms with Gasteiger partial charge in [0, 0.05) is 0 Å². The van der Waals surface area contributed by atoms with Crippen LogP contribution in [0.25, 0.3) is 0 Å². The lowest BCUT2D eigenvalue weighted by Crippen LogP contribution is -2.33. The Morgan fingerprint density at radius 2 is 1.75 bits per heavy atom. The van der Waals surface area contributed by atoms with E-state index in [2.05, 4.69) is 13.8 Å². The zero-order valence-electron chi connectivity index (χ0n) is 11.0. The highest BCUT2D eigenvalue weighted by Crippen LogP contribution is 2.41. The van der Waals surface area contributed by atoms with Gasteiger partial charge in [-0.1, -0.05) is 46.0 Å². The topological polar surface area (TPSA) is 20.2 Å². The summed E-state index contributed by atoms with van der Waals surface area (Å²) in [6, 6.07) is 0. The van der Waals surface area contributed by atoms with Crippen molar-refractivity contribution < 1.29 is 5.11 Å². The first kappa shape index (κ1) is 12.4. The highest BCUT2D eigenvalue weighted by Gasteiger charge is 2.35. The van der Waals surface area contributed by atoms with E-state index in [4.69, 9.17) is 0 Å². The molecule has 3 unspecified atom stereocenters. The van der Waals surface area contributed by atoms with Crippen LogP contribution in [0.15, 0.2) is 0 Å². The number of hydrogen-bond donors (Lipinski definition) is 1. The third-order valence-corrected chi connectivity index (χ3v) is 5.32. The average molecular weight is 224 g/mol. The number of aliphatic hydroxyl groups excluding tert-OH is 1. The first-order chi connectivity index (χ1) is 7.72. The summed E-state index contributed by atoms with van der Waals surface area (Å²) in [6.07, 6.45) is 10.6. The van der Waals surface area contributed by atoms with Crippen LogP contribution in [0.2, 0.25) is 0 Å². The molecule has 0 aliphatic heterocycles. The molecule has 2 rings (SSSR count). The Kier molecular flexibility index (Phi) is 4.29. The molecule has 2 aliphatic carbocycles. The molecule has 0 bridgehead atoms. The van der Waals surface area contributed by atoms with Crippen molar-refractivity contribution in [3.8, 4) is 0 Å². The van der Waals surface area contributed by atoms with Crippen LogP contribution in [-0.2, 0) is 0 Å². The highest BCUT2D eigenvalue weighted by molar-refractivity contribution is 4.86. The predicted molar refractivity (Wildman–Crippen MR) is 68.3 cm³/mol. The van der Waals surface area contributed by atoms with Gasteiger partial charge in [-0.25, -0.2) is 0 Å². The lowest BCUT2D eigenvalue weighted by Gasteiger charge is -2.35. The van der Waals surface area contributed by atoms with E-state index in [0.29, 0.717) is 11.8 Å². The molecule has 0 radical (unpaired) electrons. The van der Waals surface area contributed by atoms with E-state index in [-0.39, 0.29) is 6.10 Å². The first-order valence-electron chi connectivity index (χ1n) is 7.40. The number of hydrogen-bond acceptors (Lipinski definition) is 1. The smallest absolute Gasteiger partial charge is 0.0599 e. The van der Waals surface area contributed by atoms with Crippen molar-refractivity contribution in [2.45, 2.75) is 71.3 Å². The highest BCUT2D eigenvalue weighted by atomic mass is 16.3. The molecule has 2 fully saturated rings. The maximum absolute atomic E-state index is 10.5. The average Bonchev–Trinajstić information content (AvgIpc) is 2.75. The van der Waals surface area contributed by atoms with Crippen LogP contribution < -0.4 is 0 Å². The fourth-order valence-electron chi connectivity index (χ4n) is 3.97. The maximum atomic E-state index is 10.5. The summed E-state index contributed by atoms with van der Waals surface area (Å²) in [5, 5.41) is 10.5. The van der Waals surface area contributed by atoms with Gasteiger partial charge in [0.15, 0.2) is 0 Å². The van der Waals surface area contributed by atoms with Crippen LogP contribution in [0.4, 0.5) is 0 Å². The molecule has 0 aromatic heterocycles. The minimum atomic E-state index is 0.00954. The van der Waals surface area contributed by atoms with Crippen molar-refractivity contribution in [2.75, 3.05) is 0 Å². The number of aliphatic hydroxyl groups is 1. The zero-order chi connectivity index (χ0) is 11.5. The summed E-state index contributed by atoms with van der Waals surface area (Å²) in [5.74, 6) is 2.94. The van der Waals surface area contributed by atoms with Crippen LogP contribution in [0.5, 0.6) is 0 Å². The lowest BCUT2D eigenvalue weighted by atomic mass is 9.74. The van der Waals surface area contributed by atoms with Gasteiger partial charge in [0.1, 0.15) is 0 Å². The van der Waals surface area contributed by atoms with Gasteiger partial charge in [-0.2, -0.15) is 0 Å². The van der Waals surface area contributed by atoms with Crippen molar-refractivity contribution in [2.24, 2.45) is 23.7 Å². The maximum Gasteiger partial charge on any atom is 0.0599 e. The molecule has 1 heteroatoms. The van der Waals surface area contributed by atoms with Crippen LogP contribution in [0, 0.1) is 23.7 Å². The van der Waals surface area contributed by atoms with Gasteiger partial charge in [-0.15, -0.1) is 0 Å². The van der Waals surface area contributed by atoms with Gasteiger partial charge in [0.2, 0.25) is 0 Å². The van der Waals surface area contributed by atoms with Crippen LogP contribution in [0.3, 0.4) is 0 Å². The normalized spacial score (nSPS) is 42.2. The van der Waals surface area contributed by atoms with Gasteiger partial charge in [0.25, 0.3) is 0 Å². The molecule has 0 spiro atoms. The minimum Gasteiger partial charge on any atom is -0.393 e. The van der Waals surface area contributed by atoms with E-state index in [9.17, 15) is 5.11 Å². The summed E-state index contributed by atoms with van der Waals surface area (Å²) >= 11 is 0. The van der Waals surface area contributed by atoms with Crippen molar-refractivity contribution >= 4 is 0 Å². The van der Waals surface area contributed by atoms with Gasteiger partial charge in [-0.05, 0) is 42.9 Å². The molecule has 0 aromatic rings. The standard InChI is InChI=1S/C15H28O/c1-3-12-7-9-13(10-8-12)15(16)14-6-4-5-11(14)2/h11-16H,3-10H2,1-2H3. The van der Waals surface area contributed by atoms with E-state index in [1.165, 1.54) is 51.4 Å². The molecule has 1 nitrogen and oxygen atoms in total. The molecule has 0 saturated heterocycles. The van der Waals surface area contributed by atoms with E-state index in [1.54, 1.807) is 0 Å². The Morgan fingerprint density at radius 3 is 2.25 bits per heavy atom. The molecule has 94 valence electrons. The predicted octanol–water partition coefficient (Wildman–Crippen LogP) is 4.00. The SMILES string of the molecule is CCC1CCC(C(O)C2CCCC2C)CC1.